The molecule has 1 aromatic carbocycles. The molecule has 106 valence electrons. The van der Waals surface area contributed by atoms with E-state index >= 15 is 0 Å². The third-order valence-corrected chi connectivity index (χ3v) is 3.30. The summed E-state index contributed by atoms with van der Waals surface area (Å²) < 4.78 is 6.80. The molecule has 5 nitrogen and oxygen atoms in total. The van der Waals surface area contributed by atoms with E-state index in [2.05, 4.69) is 5.10 Å². The fourth-order valence-electron chi connectivity index (χ4n) is 2.14. The molecule has 0 unspecified atom stereocenters. The monoisotopic (exact) mass is 273 g/mol. The average Bonchev–Trinajstić information content (AvgIpc) is 2.68. The molecule has 1 heterocycles. The van der Waals surface area contributed by atoms with Crippen LogP contribution in [-0.4, -0.2) is 22.4 Å². The highest BCUT2D eigenvalue weighted by Gasteiger charge is 2.21. The Balaban J connectivity index is 2.40. The molecule has 2 aromatic rings. The topological polar surface area (TPSA) is 70.1 Å². The first-order chi connectivity index (χ1) is 9.54. The molecule has 20 heavy (non-hydrogen) atoms. The number of para-hydroxylation sites is 1. The summed E-state index contributed by atoms with van der Waals surface area (Å²) in [6.45, 7) is 4.00. The van der Waals surface area contributed by atoms with Crippen molar-refractivity contribution in [2.75, 3.05) is 12.3 Å². The molecule has 0 amide bonds. The molecule has 0 aliphatic rings. The summed E-state index contributed by atoms with van der Waals surface area (Å²) in [6.07, 6.45) is 0.516. The van der Waals surface area contributed by atoms with Crippen LogP contribution in [0.15, 0.2) is 24.3 Å². The molecule has 0 bridgehead atoms. The summed E-state index contributed by atoms with van der Waals surface area (Å²) in [7, 11) is 1.82. The maximum atomic E-state index is 12.1. The molecule has 1 aromatic heterocycles. The number of aryl methyl sites for hydroxylation is 1. The zero-order valence-corrected chi connectivity index (χ0v) is 12.0. The Labute approximate surface area is 118 Å². The van der Waals surface area contributed by atoms with Crippen LogP contribution in [0.4, 0.5) is 5.69 Å². The molecule has 2 rings (SSSR count). The fourth-order valence-corrected chi connectivity index (χ4v) is 2.14. The molecule has 0 aliphatic carbocycles. The van der Waals surface area contributed by atoms with Gasteiger partial charge in [0.25, 0.3) is 0 Å². The number of ether oxygens (including phenoxy) is 1. The van der Waals surface area contributed by atoms with Crippen molar-refractivity contribution in [3.63, 3.8) is 0 Å². The number of carbonyl (C=O) groups is 1. The predicted octanol–water partition coefficient (Wildman–Crippen LogP) is 2.08. The van der Waals surface area contributed by atoms with Gasteiger partial charge in [-0.05, 0) is 25.5 Å². The number of nitrogen functional groups attached to an aromatic ring is 1. The van der Waals surface area contributed by atoms with Crippen molar-refractivity contribution in [1.82, 2.24) is 9.78 Å². The van der Waals surface area contributed by atoms with Crippen molar-refractivity contribution in [3.8, 4) is 0 Å². The van der Waals surface area contributed by atoms with E-state index in [1.54, 1.807) is 11.6 Å². The van der Waals surface area contributed by atoms with Crippen molar-refractivity contribution in [2.45, 2.75) is 20.3 Å². The first kappa shape index (κ1) is 14.1. The van der Waals surface area contributed by atoms with E-state index in [4.69, 9.17) is 10.5 Å². The number of nitrogens with two attached hydrogens (primary N) is 1. The number of benzene rings is 1. The number of hydrogen-bond donors (Lipinski definition) is 1. The van der Waals surface area contributed by atoms with Crippen LogP contribution in [0.1, 0.15) is 34.2 Å². The van der Waals surface area contributed by atoms with E-state index in [1.807, 2.05) is 38.2 Å². The Hall–Kier alpha value is -2.30. The molecule has 0 saturated heterocycles. The molecule has 2 N–H and O–H groups in total. The lowest BCUT2D eigenvalue weighted by Gasteiger charge is -2.06. The smallest absolute Gasteiger partial charge is 0.341 e. The van der Waals surface area contributed by atoms with Crippen LogP contribution in [0.2, 0.25) is 0 Å². The zero-order valence-electron chi connectivity index (χ0n) is 12.0. The normalized spacial score (nSPS) is 10.6. The quantitative estimate of drug-likeness (QED) is 0.684. The maximum Gasteiger partial charge on any atom is 0.341 e. The van der Waals surface area contributed by atoms with Crippen LogP contribution < -0.4 is 5.73 Å². The van der Waals surface area contributed by atoms with Gasteiger partial charge in [0.1, 0.15) is 5.56 Å². The second-order valence-electron chi connectivity index (χ2n) is 4.63. The van der Waals surface area contributed by atoms with Gasteiger partial charge in [0.2, 0.25) is 0 Å². The second kappa shape index (κ2) is 5.77. The van der Waals surface area contributed by atoms with Crippen LogP contribution in [0, 0.1) is 6.92 Å². The first-order valence-corrected chi connectivity index (χ1v) is 6.57. The van der Waals surface area contributed by atoms with E-state index in [0.29, 0.717) is 30.0 Å². The van der Waals surface area contributed by atoms with Gasteiger partial charge >= 0.3 is 5.97 Å². The number of hydrogen-bond acceptors (Lipinski definition) is 4. The summed E-state index contributed by atoms with van der Waals surface area (Å²) in [6, 6.07) is 7.59. The number of esters is 1. The number of nitrogens with zero attached hydrogens (tertiary/aromatic N) is 2. The largest absolute Gasteiger partial charge is 0.462 e. The van der Waals surface area contributed by atoms with Gasteiger partial charge in [0.05, 0.1) is 12.3 Å². The lowest BCUT2D eigenvalue weighted by molar-refractivity contribution is 0.0524. The van der Waals surface area contributed by atoms with E-state index in [9.17, 15) is 4.79 Å². The van der Waals surface area contributed by atoms with Gasteiger partial charge in [-0.3, -0.25) is 4.68 Å². The molecule has 0 aliphatic heterocycles. The molecular weight excluding hydrogens is 254 g/mol. The van der Waals surface area contributed by atoms with Crippen molar-refractivity contribution in [2.24, 2.45) is 7.05 Å². The van der Waals surface area contributed by atoms with Crippen LogP contribution in [0.5, 0.6) is 0 Å². The Morgan fingerprint density at radius 3 is 2.75 bits per heavy atom. The highest BCUT2D eigenvalue weighted by atomic mass is 16.5. The van der Waals surface area contributed by atoms with Gasteiger partial charge < -0.3 is 10.5 Å². The average molecular weight is 273 g/mol. The lowest BCUT2D eigenvalue weighted by Crippen LogP contribution is -2.09. The zero-order chi connectivity index (χ0) is 14.7. The van der Waals surface area contributed by atoms with Crippen LogP contribution in [0.25, 0.3) is 0 Å². The van der Waals surface area contributed by atoms with Crippen molar-refractivity contribution in [3.05, 3.63) is 46.8 Å². The summed E-state index contributed by atoms with van der Waals surface area (Å²) in [5.41, 5.74) is 9.64. The highest BCUT2D eigenvalue weighted by molar-refractivity contribution is 5.92. The summed E-state index contributed by atoms with van der Waals surface area (Å²) in [5, 5.41) is 4.41. The Bertz CT molecular complexity index is 632. The Morgan fingerprint density at radius 1 is 1.40 bits per heavy atom. The summed E-state index contributed by atoms with van der Waals surface area (Å²) in [4.78, 5) is 12.1. The predicted molar refractivity (Wildman–Crippen MR) is 77.6 cm³/mol. The second-order valence-corrected chi connectivity index (χ2v) is 4.63. The van der Waals surface area contributed by atoms with Gasteiger partial charge in [0.15, 0.2) is 0 Å². The minimum absolute atomic E-state index is 0.331. The summed E-state index contributed by atoms with van der Waals surface area (Å²) >= 11 is 0. The molecule has 0 radical (unpaired) electrons. The molecular formula is C15H19N3O2. The van der Waals surface area contributed by atoms with E-state index in [1.165, 1.54) is 0 Å². The third-order valence-electron chi connectivity index (χ3n) is 3.30. The van der Waals surface area contributed by atoms with Gasteiger partial charge in [-0.15, -0.1) is 0 Å². The molecule has 0 spiro atoms. The van der Waals surface area contributed by atoms with Crippen molar-refractivity contribution >= 4 is 11.7 Å². The van der Waals surface area contributed by atoms with Gasteiger partial charge in [0, 0.05) is 24.8 Å². The fraction of sp³-hybridized carbons (Fsp3) is 0.333. The molecule has 0 saturated carbocycles. The standard InChI is InChI=1S/C15H19N3O2/c1-4-20-15(19)14-10(2)18(3)17-13(14)9-11-7-5-6-8-12(11)16/h5-8H,4,9,16H2,1-3H3. The van der Waals surface area contributed by atoms with Gasteiger partial charge in [-0.2, -0.15) is 5.10 Å². The SMILES string of the molecule is CCOC(=O)c1c(Cc2ccccc2N)nn(C)c1C. The Morgan fingerprint density at radius 2 is 2.10 bits per heavy atom. The minimum atomic E-state index is -0.331. The highest BCUT2D eigenvalue weighted by Crippen LogP contribution is 2.21. The Kier molecular flexibility index (Phi) is 4.08. The molecule has 5 heteroatoms. The molecule has 0 atom stereocenters. The first-order valence-electron chi connectivity index (χ1n) is 6.57. The molecule has 0 fully saturated rings. The van der Waals surface area contributed by atoms with Crippen LogP contribution >= 0.6 is 0 Å². The number of rotatable bonds is 4. The lowest BCUT2D eigenvalue weighted by atomic mass is 10.0. The minimum Gasteiger partial charge on any atom is -0.462 e. The van der Waals surface area contributed by atoms with Crippen molar-refractivity contribution in [1.29, 1.82) is 0 Å². The van der Waals surface area contributed by atoms with Gasteiger partial charge in [-0.25, -0.2) is 4.79 Å². The van der Waals surface area contributed by atoms with Crippen LogP contribution in [0.3, 0.4) is 0 Å². The number of anilines is 1. The number of carbonyl (C=O) groups excluding carboxylic acids is 1. The third kappa shape index (κ3) is 2.66. The van der Waals surface area contributed by atoms with Crippen LogP contribution in [-0.2, 0) is 18.2 Å². The van der Waals surface area contributed by atoms with E-state index in [0.717, 1.165) is 11.3 Å². The van der Waals surface area contributed by atoms with Gasteiger partial charge in [-0.1, -0.05) is 18.2 Å². The maximum absolute atomic E-state index is 12.1. The van der Waals surface area contributed by atoms with Crippen molar-refractivity contribution < 1.29 is 9.53 Å². The summed E-state index contributed by atoms with van der Waals surface area (Å²) in [5.74, 6) is -0.331. The van der Waals surface area contributed by atoms with E-state index in [-0.39, 0.29) is 5.97 Å². The number of aromatic nitrogens is 2. The van der Waals surface area contributed by atoms with E-state index < -0.39 is 0 Å².